The Labute approximate surface area is 246 Å². The van der Waals surface area contributed by atoms with Crippen LogP contribution in [0.4, 0.5) is 35.5 Å². The first kappa shape index (κ1) is 32.7. The van der Waals surface area contributed by atoms with Crippen molar-refractivity contribution >= 4 is 12.0 Å². The van der Waals surface area contributed by atoms with Crippen LogP contribution >= 0.6 is 0 Å². The van der Waals surface area contributed by atoms with Crippen molar-refractivity contribution in [2.75, 3.05) is 6.54 Å². The number of amides is 2. The molecule has 0 unspecified atom stereocenters. The van der Waals surface area contributed by atoms with Gasteiger partial charge in [-0.3, -0.25) is 4.79 Å². The Hall–Kier alpha value is -4.21. The summed E-state index contributed by atoms with van der Waals surface area (Å²) in [5.41, 5.74) is -1.32. The summed E-state index contributed by atoms with van der Waals surface area (Å²) in [5, 5.41) is 20.5. The maximum Gasteiger partial charge on any atom is 0.451 e. The number of hydrogen-bond donors (Lipinski definition) is 2. The summed E-state index contributed by atoms with van der Waals surface area (Å²) in [7, 11) is 0. The number of alkyl halides is 3. The molecule has 1 aromatic heterocycles. The number of rotatable bonds is 7. The molecule has 1 aliphatic rings. The van der Waals surface area contributed by atoms with Crippen molar-refractivity contribution in [2.24, 2.45) is 0 Å². The van der Waals surface area contributed by atoms with E-state index < -0.39 is 96.3 Å². The lowest BCUT2D eigenvalue weighted by molar-refractivity contribution is -0.149. The number of carbonyl (C=O) groups excluding carboxylic acids is 2. The highest BCUT2D eigenvalue weighted by Gasteiger charge is 2.45. The Morgan fingerprint density at radius 1 is 1.00 bits per heavy atom. The van der Waals surface area contributed by atoms with Gasteiger partial charge in [-0.25, -0.2) is 22.4 Å². The second-order valence-corrected chi connectivity index (χ2v) is 11.2. The van der Waals surface area contributed by atoms with Crippen LogP contribution in [-0.4, -0.2) is 55.0 Å². The predicted molar refractivity (Wildman–Crippen MR) is 139 cm³/mol. The maximum atomic E-state index is 14.5. The molecule has 16 heteroatoms. The molecule has 0 saturated carbocycles. The van der Waals surface area contributed by atoms with Crippen LogP contribution in [0.25, 0.3) is 0 Å². The molecular formula is C28H28F7N5O4. The fraction of sp³-hybridized carbons (Fsp3) is 0.429. The number of aliphatic hydroxyl groups excluding tert-OH is 1. The normalized spacial score (nSPS) is 16.7. The van der Waals surface area contributed by atoms with Crippen molar-refractivity contribution in [1.29, 1.82) is 0 Å². The molecule has 2 aromatic carbocycles. The maximum absolute atomic E-state index is 14.5. The molecule has 0 bridgehead atoms. The highest BCUT2D eigenvalue weighted by Crippen LogP contribution is 2.39. The number of alkyl carbamates (subject to hydrolysis) is 1. The number of carbonyl (C=O) groups is 2. The molecule has 44 heavy (non-hydrogen) atoms. The molecule has 2 N–H and O–H groups in total. The first-order chi connectivity index (χ1) is 20.4. The first-order valence-electron chi connectivity index (χ1n) is 13.3. The third-order valence-electron chi connectivity index (χ3n) is 6.73. The first-order valence-corrected chi connectivity index (χ1v) is 13.3. The number of nitrogens with one attached hydrogen (secondary N) is 1. The Balaban J connectivity index is 1.69. The average Bonchev–Trinajstić information content (AvgIpc) is 3.35. The number of fused-ring (bicyclic) bond motifs is 1. The predicted octanol–water partition coefficient (Wildman–Crippen LogP) is 5.00. The van der Waals surface area contributed by atoms with Crippen LogP contribution in [0.15, 0.2) is 36.4 Å². The standard InChI is InChI=1S/C28H28F7N5O4/c1-27(2,3)44-26(43)36-17(10-15-11-19(31)20(32)13-18(15)30)12-21(41)39-8-9-40-24(37-38-25(40)28(33,34)35)22(39)23(42)14-4-6-16(29)7-5-14/h4-7,11,13,17,22-23,42H,8-10,12H2,1-3H3,(H,36,43)/t17-,22-,23-/m1/s1. The lowest BCUT2D eigenvalue weighted by Crippen LogP contribution is -2.48. The minimum absolute atomic E-state index is 0.0477. The van der Waals surface area contributed by atoms with E-state index in [1.807, 2.05) is 0 Å². The molecule has 0 radical (unpaired) electrons. The van der Waals surface area contributed by atoms with Gasteiger partial charge in [0.15, 0.2) is 17.5 Å². The molecule has 0 saturated heterocycles. The van der Waals surface area contributed by atoms with Gasteiger partial charge in [-0.15, -0.1) is 10.2 Å². The summed E-state index contributed by atoms with van der Waals surface area (Å²) < 4.78 is 102. The zero-order valence-electron chi connectivity index (χ0n) is 23.6. The van der Waals surface area contributed by atoms with Gasteiger partial charge in [0.05, 0.1) is 0 Å². The number of aromatic nitrogens is 3. The van der Waals surface area contributed by atoms with Crippen molar-refractivity contribution in [3.63, 3.8) is 0 Å². The van der Waals surface area contributed by atoms with Gasteiger partial charge in [0, 0.05) is 31.6 Å². The summed E-state index contributed by atoms with van der Waals surface area (Å²) >= 11 is 0. The largest absolute Gasteiger partial charge is 0.451 e. The Morgan fingerprint density at radius 2 is 1.64 bits per heavy atom. The highest BCUT2D eigenvalue weighted by atomic mass is 19.4. The van der Waals surface area contributed by atoms with Crippen LogP contribution < -0.4 is 5.32 Å². The SMILES string of the molecule is CC(C)(C)OC(=O)N[C@@H](CC(=O)N1CCn2c(nnc2C(F)(F)F)[C@H]1[C@H](O)c1ccc(F)cc1)Cc1cc(F)c(F)cc1F. The van der Waals surface area contributed by atoms with E-state index in [0.29, 0.717) is 16.7 Å². The molecule has 4 rings (SSSR count). The van der Waals surface area contributed by atoms with Gasteiger partial charge in [0.1, 0.15) is 29.4 Å². The smallest absolute Gasteiger partial charge is 0.444 e. The summed E-state index contributed by atoms with van der Waals surface area (Å²) in [4.78, 5) is 27.3. The van der Waals surface area contributed by atoms with E-state index >= 15 is 0 Å². The van der Waals surface area contributed by atoms with E-state index in [-0.39, 0.29) is 17.7 Å². The van der Waals surface area contributed by atoms with Gasteiger partial charge >= 0.3 is 12.3 Å². The highest BCUT2D eigenvalue weighted by molar-refractivity contribution is 5.78. The van der Waals surface area contributed by atoms with Crippen LogP contribution in [0.3, 0.4) is 0 Å². The van der Waals surface area contributed by atoms with Crippen LogP contribution in [0, 0.1) is 23.3 Å². The van der Waals surface area contributed by atoms with Gasteiger partial charge in [-0.1, -0.05) is 12.1 Å². The summed E-state index contributed by atoms with van der Waals surface area (Å²) in [6.45, 7) is 3.87. The number of hydrogen-bond acceptors (Lipinski definition) is 6. The van der Waals surface area contributed by atoms with E-state index in [1.54, 1.807) is 20.8 Å². The Morgan fingerprint density at radius 3 is 2.25 bits per heavy atom. The van der Waals surface area contributed by atoms with E-state index in [1.165, 1.54) is 12.1 Å². The summed E-state index contributed by atoms with van der Waals surface area (Å²) in [6.07, 6.45) is -8.77. The molecule has 2 amide bonds. The zero-order chi connectivity index (χ0) is 32.6. The van der Waals surface area contributed by atoms with E-state index in [2.05, 4.69) is 15.5 Å². The van der Waals surface area contributed by atoms with E-state index in [9.17, 15) is 45.4 Å². The Bertz CT molecular complexity index is 1520. The average molecular weight is 632 g/mol. The minimum Gasteiger partial charge on any atom is -0.444 e. The van der Waals surface area contributed by atoms with Crippen LogP contribution in [0.2, 0.25) is 0 Å². The molecule has 1 aliphatic heterocycles. The Kier molecular flexibility index (Phi) is 9.23. The van der Waals surface area contributed by atoms with Gasteiger partial charge < -0.3 is 24.6 Å². The molecule has 9 nitrogen and oxygen atoms in total. The van der Waals surface area contributed by atoms with Gasteiger partial charge in [0.2, 0.25) is 11.7 Å². The van der Waals surface area contributed by atoms with Crippen LogP contribution in [-0.2, 0) is 28.7 Å². The van der Waals surface area contributed by atoms with E-state index in [4.69, 9.17) is 4.74 Å². The second kappa shape index (κ2) is 12.4. The molecule has 2 heterocycles. The van der Waals surface area contributed by atoms with Gasteiger partial charge in [-0.05, 0) is 56.5 Å². The molecule has 0 aliphatic carbocycles. The molecular weight excluding hydrogens is 603 g/mol. The summed E-state index contributed by atoms with van der Waals surface area (Å²) in [5.74, 6) is -7.22. The third kappa shape index (κ3) is 7.46. The van der Waals surface area contributed by atoms with Crippen molar-refractivity contribution < 1.29 is 50.2 Å². The van der Waals surface area contributed by atoms with Crippen molar-refractivity contribution in [3.05, 3.63) is 82.4 Å². The third-order valence-corrected chi connectivity index (χ3v) is 6.73. The lowest BCUT2D eigenvalue weighted by Gasteiger charge is -2.39. The molecule has 3 aromatic rings. The lowest BCUT2D eigenvalue weighted by atomic mass is 9.96. The summed E-state index contributed by atoms with van der Waals surface area (Å²) in [6, 6.07) is 2.43. The van der Waals surface area contributed by atoms with Crippen molar-refractivity contribution in [3.8, 4) is 0 Å². The molecule has 238 valence electrons. The number of ether oxygens (including phenoxy) is 1. The molecule has 3 atom stereocenters. The number of halogens is 7. The van der Waals surface area contributed by atoms with Gasteiger partial charge in [0.25, 0.3) is 0 Å². The zero-order valence-corrected chi connectivity index (χ0v) is 23.6. The van der Waals surface area contributed by atoms with Crippen LogP contribution in [0.1, 0.15) is 62.1 Å². The van der Waals surface area contributed by atoms with E-state index in [0.717, 1.165) is 17.0 Å². The van der Waals surface area contributed by atoms with Crippen molar-refractivity contribution in [2.45, 2.75) is 70.1 Å². The monoisotopic (exact) mass is 631 g/mol. The minimum atomic E-state index is -4.90. The molecule has 0 spiro atoms. The molecule has 0 fully saturated rings. The fourth-order valence-corrected chi connectivity index (χ4v) is 4.85. The van der Waals surface area contributed by atoms with Crippen LogP contribution in [0.5, 0.6) is 0 Å². The number of nitrogens with zero attached hydrogens (tertiary/aromatic N) is 4. The second-order valence-electron chi connectivity index (χ2n) is 11.2. The topological polar surface area (TPSA) is 110 Å². The van der Waals surface area contributed by atoms with Gasteiger partial charge in [-0.2, -0.15) is 13.2 Å². The van der Waals surface area contributed by atoms with Crippen molar-refractivity contribution in [1.82, 2.24) is 25.0 Å². The number of aliphatic hydroxyl groups is 1. The number of benzene rings is 2. The quantitative estimate of drug-likeness (QED) is 0.281. The fourth-order valence-electron chi connectivity index (χ4n) is 4.85.